The summed E-state index contributed by atoms with van der Waals surface area (Å²) in [7, 11) is 0. The van der Waals surface area contributed by atoms with Crippen LogP contribution >= 0.6 is 0 Å². The fourth-order valence-electron chi connectivity index (χ4n) is 2.52. The van der Waals surface area contributed by atoms with E-state index in [1.165, 1.54) is 0 Å². The molecule has 2 aromatic carbocycles. The Kier molecular flexibility index (Phi) is 4.88. The molecular weight excluding hydrogens is 322 g/mol. The Balaban J connectivity index is 1.57. The molecule has 130 valence electrons. The highest BCUT2D eigenvalue weighted by atomic mass is 16.6. The Hall–Kier alpha value is -3.02. The second kappa shape index (κ2) is 7.25. The number of carbonyl (C=O) groups is 2. The van der Waals surface area contributed by atoms with Crippen LogP contribution in [0.1, 0.15) is 21.5 Å². The van der Waals surface area contributed by atoms with Gasteiger partial charge in [-0.3, -0.25) is 4.79 Å². The van der Waals surface area contributed by atoms with Crippen LogP contribution in [0.3, 0.4) is 0 Å². The zero-order valence-corrected chi connectivity index (χ0v) is 14.1. The lowest BCUT2D eigenvalue weighted by Crippen LogP contribution is -2.21. The first-order valence-electron chi connectivity index (χ1n) is 7.97. The zero-order chi connectivity index (χ0) is 17.8. The van der Waals surface area contributed by atoms with E-state index in [1.807, 2.05) is 32.0 Å². The van der Waals surface area contributed by atoms with E-state index in [9.17, 15) is 9.59 Å². The first kappa shape index (κ1) is 16.8. The summed E-state index contributed by atoms with van der Waals surface area (Å²) in [5.74, 6) is 0.112. The molecule has 1 aliphatic heterocycles. The number of anilines is 1. The largest absolute Gasteiger partial charge is 0.486 e. The molecule has 0 unspecified atom stereocenters. The molecule has 6 heteroatoms. The molecule has 0 bridgehead atoms. The van der Waals surface area contributed by atoms with Gasteiger partial charge in [-0.1, -0.05) is 17.7 Å². The molecule has 0 spiro atoms. The summed E-state index contributed by atoms with van der Waals surface area (Å²) in [4.78, 5) is 24.1. The average Bonchev–Trinajstić information content (AvgIpc) is 2.61. The number of aryl methyl sites for hydroxylation is 2. The third kappa shape index (κ3) is 4.09. The molecule has 3 rings (SSSR count). The van der Waals surface area contributed by atoms with E-state index in [2.05, 4.69) is 5.32 Å². The molecule has 0 radical (unpaired) electrons. The van der Waals surface area contributed by atoms with Gasteiger partial charge >= 0.3 is 5.97 Å². The lowest BCUT2D eigenvalue weighted by Gasteiger charge is -2.18. The van der Waals surface area contributed by atoms with Gasteiger partial charge in [0.2, 0.25) is 0 Å². The molecule has 0 saturated heterocycles. The van der Waals surface area contributed by atoms with E-state index in [4.69, 9.17) is 14.2 Å². The molecule has 0 aromatic heterocycles. The number of fused-ring (bicyclic) bond motifs is 1. The number of benzene rings is 2. The van der Waals surface area contributed by atoms with E-state index in [0.717, 1.165) is 11.1 Å². The summed E-state index contributed by atoms with van der Waals surface area (Å²) in [5, 5.41) is 2.73. The predicted octanol–water partition coefficient (Wildman–Crippen LogP) is 2.87. The van der Waals surface area contributed by atoms with Gasteiger partial charge in [0, 0.05) is 5.69 Å². The number of esters is 1. The van der Waals surface area contributed by atoms with Gasteiger partial charge in [-0.15, -0.1) is 0 Å². The van der Waals surface area contributed by atoms with Crippen LogP contribution in [-0.4, -0.2) is 31.7 Å². The highest BCUT2D eigenvalue weighted by Gasteiger charge is 2.16. The van der Waals surface area contributed by atoms with Crippen molar-refractivity contribution in [3.8, 4) is 11.5 Å². The third-order valence-corrected chi connectivity index (χ3v) is 3.77. The topological polar surface area (TPSA) is 73.9 Å². The van der Waals surface area contributed by atoms with E-state index in [0.29, 0.717) is 36.0 Å². The first-order chi connectivity index (χ1) is 12.0. The van der Waals surface area contributed by atoms with Crippen molar-refractivity contribution in [1.82, 2.24) is 0 Å². The van der Waals surface area contributed by atoms with Gasteiger partial charge in [-0.05, 0) is 43.7 Å². The van der Waals surface area contributed by atoms with Gasteiger partial charge in [0.1, 0.15) is 13.2 Å². The van der Waals surface area contributed by atoms with Crippen molar-refractivity contribution >= 4 is 17.6 Å². The van der Waals surface area contributed by atoms with Gasteiger partial charge in [-0.25, -0.2) is 4.79 Å². The number of carbonyl (C=O) groups excluding carboxylic acids is 2. The summed E-state index contributed by atoms with van der Waals surface area (Å²) >= 11 is 0. The van der Waals surface area contributed by atoms with Gasteiger partial charge < -0.3 is 19.5 Å². The summed E-state index contributed by atoms with van der Waals surface area (Å²) in [5.41, 5.74) is 3.07. The molecule has 0 aliphatic carbocycles. The standard InChI is InChI=1S/C19H19NO5/c1-12-3-5-15(13(2)9-12)20-18(21)11-25-19(22)14-4-6-16-17(10-14)24-8-7-23-16/h3-6,9-10H,7-8,11H2,1-2H3,(H,20,21). The number of hydrogen-bond donors (Lipinski definition) is 1. The molecule has 6 nitrogen and oxygen atoms in total. The molecule has 25 heavy (non-hydrogen) atoms. The van der Waals surface area contributed by atoms with Crippen molar-refractivity contribution in [3.05, 3.63) is 53.1 Å². The Morgan fingerprint density at radius 1 is 1.04 bits per heavy atom. The van der Waals surface area contributed by atoms with Crippen LogP contribution in [0, 0.1) is 13.8 Å². The lowest BCUT2D eigenvalue weighted by molar-refractivity contribution is -0.119. The molecule has 1 aliphatic rings. The van der Waals surface area contributed by atoms with Crippen LogP contribution in [0.4, 0.5) is 5.69 Å². The van der Waals surface area contributed by atoms with Gasteiger partial charge in [0.05, 0.1) is 5.56 Å². The monoisotopic (exact) mass is 341 g/mol. The van der Waals surface area contributed by atoms with Crippen LogP contribution < -0.4 is 14.8 Å². The lowest BCUT2D eigenvalue weighted by atomic mass is 10.1. The molecule has 0 fully saturated rings. The summed E-state index contributed by atoms with van der Waals surface area (Å²) in [6, 6.07) is 10.5. The third-order valence-electron chi connectivity index (χ3n) is 3.77. The average molecular weight is 341 g/mol. The number of hydrogen-bond acceptors (Lipinski definition) is 5. The molecule has 1 amide bonds. The highest BCUT2D eigenvalue weighted by Crippen LogP contribution is 2.30. The van der Waals surface area contributed by atoms with Crippen LogP contribution in [-0.2, 0) is 9.53 Å². The van der Waals surface area contributed by atoms with Crippen molar-refractivity contribution in [2.24, 2.45) is 0 Å². The second-order valence-electron chi connectivity index (χ2n) is 5.80. The Morgan fingerprint density at radius 2 is 1.80 bits per heavy atom. The fourth-order valence-corrected chi connectivity index (χ4v) is 2.52. The fraction of sp³-hybridized carbons (Fsp3) is 0.263. The minimum Gasteiger partial charge on any atom is -0.486 e. The van der Waals surface area contributed by atoms with Crippen molar-refractivity contribution in [2.75, 3.05) is 25.1 Å². The maximum absolute atomic E-state index is 12.1. The molecule has 1 heterocycles. The summed E-state index contributed by atoms with van der Waals surface area (Å²) in [6.45, 7) is 4.44. The SMILES string of the molecule is Cc1ccc(NC(=O)COC(=O)c2ccc3c(c2)OCCO3)c(C)c1. The van der Waals surface area contributed by atoms with Crippen LogP contribution in [0.25, 0.3) is 0 Å². The van der Waals surface area contributed by atoms with Crippen molar-refractivity contribution in [1.29, 1.82) is 0 Å². The molecule has 0 saturated carbocycles. The van der Waals surface area contributed by atoms with E-state index >= 15 is 0 Å². The van der Waals surface area contributed by atoms with E-state index in [1.54, 1.807) is 18.2 Å². The Bertz CT molecular complexity index is 815. The molecule has 1 N–H and O–H groups in total. The minimum atomic E-state index is -0.590. The van der Waals surface area contributed by atoms with E-state index in [-0.39, 0.29) is 6.61 Å². The van der Waals surface area contributed by atoms with Crippen LogP contribution in [0.5, 0.6) is 11.5 Å². The van der Waals surface area contributed by atoms with Crippen molar-refractivity contribution in [3.63, 3.8) is 0 Å². The van der Waals surface area contributed by atoms with Crippen LogP contribution in [0.2, 0.25) is 0 Å². The number of rotatable bonds is 4. The minimum absolute atomic E-state index is 0.309. The molecule has 0 atom stereocenters. The van der Waals surface area contributed by atoms with Gasteiger partial charge in [0.15, 0.2) is 18.1 Å². The maximum atomic E-state index is 12.1. The Labute approximate surface area is 145 Å². The van der Waals surface area contributed by atoms with Crippen molar-refractivity contribution < 1.29 is 23.8 Å². The van der Waals surface area contributed by atoms with Gasteiger partial charge in [0.25, 0.3) is 5.91 Å². The number of amides is 1. The van der Waals surface area contributed by atoms with Crippen LogP contribution in [0.15, 0.2) is 36.4 Å². The second-order valence-corrected chi connectivity index (χ2v) is 5.80. The quantitative estimate of drug-likeness (QED) is 0.866. The van der Waals surface area contributed by atoms with E-state index < -0.39 is 11.9 Å². The highest BCUT2D eigenvalue weighted by molar-refractivity contribution is 5.96. The molecule has 2 aromatic rings. The normalized spacial score (nSPS) is 12.4. The number of nitrogens with one attached hydrogen (secondary N) is 1. The summed E-state index contributed by atoms with van der Waals surface area (Å²) in [6.07, 6.45) is 0. The predicted molar refractivity (Wildman–Crippen MR) is 92.3 cm³/mol. The first-order valence-corrected chi connectivity index (χ1v) is 7.97. The summed E-state index contributed by atoms with van der Waals surface area (Å²) < 4.78 is 15.9. The van der Waals surface area contributed by atoms with Gasteiger partial charge in [-0.2, -0.15) is 0 Å². The van der Waals surface area contributed by atoms with Crippen molar-refractivity contribution in [2.45, 2.75) is 13.8 Å². The molecular formula is C19H19NO5. The Morgan fingerprint density at radius 3 is 2.56 bits per heavy atom. The smallest absolute Gasteiger partial charge is 0.338 e. The maximum Gasteiger partial charge on any atom is 0.338 e. The number of ether oxygens (including phenoxy) is 3. The zero-order valence-electron chi connectivity index (χ0n) is 14.1.